The van der Waals surface area contributed by atoms with E-state index >= 15 is 0 Å². The van der Waals surface area contributed by atoms with Crippen LogP contribution in [-0.4, -0.2) is 29.9 Å². The van der Waals surface area contributed by atoms with Crippen molar-refractivity contribution in [3.63, 3.8) is 0 Å². The molecule has 0 rings (SSSR count). The second-order valence-electron chi connectivity index (χ2n) is 3.16. The van der Waals surface area contributed by atoms with Crippen LogP contribution in [0, 0.1) is 16.7 Å². The van der Waals surface area contributed by atoms with E-state index in [2.05, 4.69) is 9.99 Å². The minimum absolute atomic E-state index is 0.570. The van der Waals surface area contributed by atoms with Crippen molar-refractivity contribution in [3.8, 4) is 6.07 Å². The third-order valence-corrected chi connectivity index (χ3v) is 2.88. The van der Waals surface area contributed by atoms with Crippen LogP contribution in [0.5, 0.6) is 0 Å². The Morgan fingerprint density at radius 2 is 2.27 bits per heavy atom. The van der Waals surface area contributed by atoms with Gasteiger partial charge in [-0.1, -0.05) is 15.9 Å². The van der Waals surface area contributed by atoms with Crippen LogP contribution in [0.4, 0.5) is 4.79 Å². The molecule has 0 aliphatic rings. The molecule has 0 aromatic rings. The van der Waals surface area contributed by atoms with Crippen LogP contribution in [-0.2, 0) is 4.84 Å². The molecule has 0 bridgehead atoms. The molecule has 84 valence electrons. The number of rotatable bonds is 4. The normalized spacial score (nSPS) is 11.1. The maximum absolute atomic E-state index is 11.2. The average Bonchev–Trinajstić information content (AvgIpc) is 2.18. The lowest BCUT2D eigenvalue weighted by molar-refractivity contribution is 0.137. The van der Waals surface area contributed by atoms with Crippen molar-refractivity contribution >= 4 is 34.1 Å². The summed E-state index contributed by atoms with van der Waals surface area (Å²) in [6.45, 7) is 3.34. The second-order valence-corrected chi connectivity index (χ2v) is 5.64. The van der Waals surface area contributed by atoms with E-state index < -0.39 is 11.5 Å². The Bertz CT molecular complexity index is 286. The highest BCUT2D eigenvalue weighted by atomic mass is 33.1. The number of carbonyl (C=O) groups excluding carboxylic acids is 1. The average molecular weight is 247 g/mol. The second kappa shape index (κ2) is 6.58. The smallest absolute Gasteiger partial charge is 0.298 e. The van der Waals surface area contributed by atoms with Crippen LogP contribution < -0.4 is 0 Å². The van der Waals surface area contributed by atoms with Crippen molar-refractivity contribution in [1.82, 2.24) is 4.31 Å². The molecule has 1 amide bonds. The van der Waals surface area contributed by atoms with E-state index in [9.17, 15) is 4.79 Å². The summed E-state index contributed by atoms with van der Waals surface area (Å²) in [5, 5.41) is 12.1. The predicted octanol–water partition coefficient (Wildman–Crippen LogP) is 2.52. The van der Waals surface area contributed by atoms with E-state index in [0.717, 1.165) is 0 Å². The third kappa shape index (κ3) is 6.25. The van der Waals surface area contributed by atoms with Crippen LogP contribution in [0.1, 0.15) is 13.8 Å². The van der Waals surface area contributed by atoms with Crippen molar-refractivity contribution in [1.29, 1.82) is 5.26 Å². The summed E-state index contributed by atoms with van der Waals surface area (Å²) in [5.41, 5.74) is -0.731. The van der Waals surface area contributed by atoms with Crippen LogP contribution >= 0.6 is 21.8 Å². The minimum atomic E-state index is -0.731. The lowest BCUT2D eigenvalue weighted by Gasteiger charge is -2.11. The van der Waals surface area contributed by atoms with Crippen LogP contribution in [0.3, 0.4) is 0 Å². The lowest BCUT2D eigenvalue weighted by Crippen LogP contribution is -2.18. The molecule has 0 N–H and O–H groups in total. The zero-order valence-corrected chi connectivity index (χ0v) is 10.7. The lowest BCUT2D eigenvalue weighted by atomic mass is 9.98. The van der Waals surface area contributed by atoms with E-state index in [-0.39, 0.29) is 0 Å². The first-order valence-electron chi connectivity index (χ1n) is 4.04. The molecule has 0 saturated heterocycles. The molecule has 0 aromatic heterocycles. The number of nitrogens with zero attached hydrogens (tertiary/aromatic N) is 3. The van der Waals surface area contributed by atoms with Gasteiger partial charge in [0, 0.05) is 18.0 Å². The van der Waals surface area contributed by atoms with Gasteiger partial charge in [0.15, 0.2) is 0 Å². The van der Waals surface area contributed by atoms with Gasteiger partial charge in [-0.15, -0.1) is 0 Å². The molecule has 0 fully saturated rings. The van der Waals surface area contributed by atoms with Crippen molar-refractivity contribution in [2.75, 3.05) is 13.3 Å². The highest BCUT2D eigenvalue weighted by molar-refractivity contribution is 8.75. The summed E-state index contributed by atoms with van der Waals surface area (Å²) in [5.74, 6) is 0. The summed E-state index contributed by atoms with van der Waals surface area (Å²) in [4.78, 5) is 15.7. The fourth-order valence-corrected chi connectivity index (χ4v) is 1.60. The minimum Gasteiger partial charge on any atom is -0.298 e. The summed E-state index contributed by atoms with van der Waals surface area (Å²) in [7, 11) is 4.24. The first-order valence-corrected chi connectivity index (χ1v) is 6.55. The quantitative estimate of drug-likeness (QED) is 0.251. The Labute approximate surface area is 97.4 Å². The van der Waals surface area contributed by atoms with E-state index in [1.54, 1.807) is 20.9 Å². The number of hydrogen-bond acceptors (Lipinski definition) is 6. The Morgan fingerprint density at radius 1 is 1.67 bits per heavy atom. The SMILES string of the molecule is CSSN(C)C(=O)ON=CC(C)(C)C#N. The molecule has 0 heterocycles. The summed E-state index contributed by atoms with van der Waals surface area (Å²) >= 11 is 0. The molecule has 0 aliphatic heterocycles. The van der Waals surface area contributed by atoms with Gasteiger partial charge in [0.25, 0.3) is 0 Å². The van der Waals surface area contributed by atoms with E-state index in [0.29, 0.717) is 0 Å². The fourth-order valence-electron chi connectivity index (χ4n) is 0.432. The first kappa shape index (κ1) is 14.1. The fraction of sp³-hybridized carbons (Fsp3) is 0.625. The highest BCUT2D eigenvalue weighted by Crippen LogP contribution is 2.21. The number of nitriles is 1. The maximum atomic E-state index is 11.2. The van der Waals surface area contributed by atoms with E-state index in [1.807, 2.05) is 12.3 Å². The van der Waals surface area contributed by atoms with Gasteiger partial charge >= 0.3 is 6.09 Å². The topological polar surface area (TPSA) is 65.7 Å². The Morgan fingerprint density at radius 3 is 2.73 bits per heavy atom. The van der Waals surface area contributed by atoms with E-state index in [4.69, 9.17) is 5.26 Å². The van der Waals surface area contributed by atoms with E-state index in [1.165, 1.54) is 32.3 Å². The molecule has 0 spiro atoms. The first-order chi connectivity index (χ1) is 6.93. The monoisotopic (exact) mass is 247 g/mol. The van der Waals surface area contributed by atoms with Gasteiger partial charge in [0.05, 0.1) is 17.7 Å². The number of oxime groups is 1. The van der Waals surface area contributed by atoms with Gasteiger partial charge in [0.2, 0.25) is 0 Å². The number of carbonyl (C=O) groups is 1. The summed E-state index contributed by atoms with van der Waals surface area (Å²) in [6, 6.07) is 2.01. The van der Waals surface area contributed by atoms with Gasteiger partial charge in [-0.3, -0.25) is 4.84 Å². The molecular weight excluding hydrogens is 234 g/mol. The molecule has 7 heteroatoms. The van der Waals surface area contributed by atoms with Crippen LogP contribution in [0.25, 0.3) is 0 Å². The zero-order chi connectivity index (χ0) is 11.9. The van der Waals surface area contributed by atoms with Gasteiger partial charge in [-0.25, -0.2) is 9.10 Å². The van der Waals surface area contributed by atoms with Crippen molar-refractivity contribution < 1.29 is 9.63 Å². The van der Waals surface area contributed by atoms with Crippen molar-refractivity contribution in [3.05, 3.63) is 0 Å². The molecular formula is C8H13N3O2S2. The maximum Gasteiger partial charge on any atom is 0.446 e. The molecule has 0 aromatic carbocycles. The Balaban J connectivity index is 4.07. The van der Waals surface area contributed by atoms with Gasteiger partial charge in [-0.05, 0) is 20.1 Å². The van der Waals surface area contributed by atoms with Crippen LogP contribution in [0.2, 0.25) is 0 Å². The Hall–Kier alpha value is -0.870. The van der Waals surface area contributed by atoms with Gasteiger partial charge in [-0.2, -0.15) is 5.26 Å². The van der Waals surface area contributed by atoms with Crippen molar-refractivity contribution in [2.45, 2.75) is 13.8 Å². The largest absolute Gasteiger partial charge is 0.446 e. The third-order valence-electron chi connectivity index (χ3n) is 1.24. The molecule has 0 unspecified atom stereocenters. The molecule has 0 aliphatic carbocycles. The van der Waals surface area contributed by atoms with Gasteiger partial charge < -0.3 is 0 Å². The predicted molar refractivity (Wildman–Crippen MR) is 63.2 cm³/mol. The molecule has 5 nitrogen and oxygen atoms in total. The number of amides is 1. The summed E-state index contributed by atoms with van der Waals surface area (Å²) in [6.07, 6.45) is 2.57. The standard InChI is InChI=1S/C8H13N3O2S2/c1-8(2,5-9)6-10-13-7(12)11(3)15-14-4/h6H,1-4H3. The highest BCUT2D eigenvalue weighted by Gasteiger charge is 2.14. The van der Waals surface area contributed by atoms with Crippen LogP contribution in [0.15, 0.2) is 5.16 Å². The Kier molecular flexibility index (Phi) is 6.20. The molecule has 0 atom stereocenters. The molecule has 15 heavy (non-hydrogen) atoms. The zero-order valence-electron chi connectivity index (χ0n) is 9.05. The molecule has 0 saturated carbocycles. The van der Waals surface area contributed by atoms with Gasteiger partial charge in [0.1, 0.15) is 0 Å². The number of hydrogen-bond donors (Lipinski definition) is 0. The molecule has 0 radical (unpaired) electrons. The summed E-state index contributed by atoms with van der Waals surface area (Å²) < 4.78 is 1.31. The van der Waals surface area contributed by atoms with Crippen molar-refractivity contribution in [2.24, 2.45) is 10.6 Å².